The Balaban J connectivity index is 1.75. The summed E-state index contributed by atoms with van der Waals surface area (Å²) in [4.78, 5) is 30.1. The predicted molar refractivity (Wildman–Crippen MR) is 133 cm³/mol. The van der Waals surface area contributed by atoms with Crippen LogP contribution >= 0.6 is 0 Å². The maximum Gasteiger partial charge on any atom is 0.254 e. The fourth-order valence-electron chi connectivity index (χ4n) is 3.94. The van der Waals surface area contributed by atoms with Gasteiger partial charge in [0.2, 0.25) is 5.91 Å². The Labute approximate surface area is 197 Å². The van der Waals surface area contributed by atoms with Crippen LogP contribution < -0.4 is 0 Å². The molecule has 0 radical (unpaired) electrons. The largest absolute Gasteiger partial charge is 0.345 e. The third-order valence-electron chi connectivity index (χ3n) is 5.61. The molecule has 3 rings (SSSR count). The molecule has 0 bridgehead atoms. The molecule has 3 aromatic rings. The van der Waals surface area contributed by atoms with Crippen molar-refractivity contribution in [2.24, 2.45) is 5.92 Å². The Morgan fingerprint density at radius 1 is 0.848 bits per heavy atom. The summed E-state index contributed by atoms with van der Waals surface area (Å²) in [7, 11) is 0. The summed E-state index contributed by atoms with van der Waals surface area (Å²) >= 11 is 0. The highest BCUT2D eigenvalue weighted by Gasteiger charge is 2.25. The number of carbonyl (C=O) groups excluding carboxylic acids is 2. The molecule has 0 aliphatic carbocycles. The zero-order valence-corrected chi connectivity index (χ0v) is 20.1. The molecule has 5 nitrogen and oxygen atoms in total. The minimum absolute atomic E-state index is 0.0188. The molecule has 0 fully saturated rings. The van der Waals surface area contributed by atoms with Gasteiger partial charge in [-0.1, -0.05) is 62.4 Å². The van der Waals surface area contributed by atoms with Crippen molar-refractivity contribution in [2.45, 2.75) is 46.8 Å². The van der Waals surface area contributed by atoms with Gasteiger partial charge in [-0.25, -0.2) is 0 Å². The van der Waals surface area contributed by atoms with Gasteiger partial charge in [-0.15, -0.1) is 0 Å². The summed E-state index contributed by atoms with van der Waals surface area (Å²) in [6, 6.07) is 23.6. The highest BCUT2D eigenvalue weighted by molar-refractivity contribution is 5.96. The summed E-state index contributed by atoms with van der Waals surface area (Å²) in [5.74, 6) is 0.122. The van der Waals surface area contributed by atoms with E-state index in [0.717, 1.165) is 12.2 Å². The Bertz CT molecular complexity index is 1030. The van der Waals surface area contributed by atoms with Gasteiger partial charge in [0.05, 0.1) is 6.54 Å². The van der Waals surface area contributed by atoms with Gasteiger partial charge in [0, 0.05) is 36.6 Å². The molecule has 174 valence electrons. The van der Waals surface area contributed by atoms with Crippen molar-refractivity contribution in [1.29, 1.82) is 0 Å². The summed E-state index contributed by atoms with van der Waals surface area (Å²) in [6.07, 6.45) is 2.05. The summed E-state index contributed by atoms with van der Waals surface area (Å²) in [5.41, 5.74) is 2.90. The number of hydrogen-bond donors (Lipinski definition) is 0. The molecule has 0 aliphatic rings. The Kier molecular flexibility index (Phi) is 8.47. The van der Waals surface area contributed by atoms with E-state index in [1.165, 1.54) is 5.56 Å². The van der Waals surface area contributed by atoms with E-state index in [9.17, 15) is 9.59 Å². The third-order valence-corrected chi connectivity index (χ3v) is 5.61. The lowest BCUT2D eigenvalue weighted by molar-refractivity contribution is -0.134. The van der Waals surface area contributed by atoms with Crippen LogP contribution in [0.4, 0.5) is 0 Å². The first-order chi connectivity index (χ1) is 15.8. The molecule has 0 saturated heterocycles. The molecule has 5 heteroatoms. The fraction of sp³-hybridized carbons (Fsp3) is 0.357. The maximum absolute atomic E-state index is 13.4. The van der Waals surface area contributed by atoms with Crippen molar-refractivity contribution in [3.05, 3.63) is 95.8 Å². The van der Waals surface area contributed by atoms with E-state index in [4.69, 9.17) is 0 Å². The van der Waals surface area contributed by atoms with Crippen LogP contribution in [0.5, 0.6) is 0 Å². The number of rotatable bonds is 10. The highest BCUT2D eigenvalue weighted by Crippen LogP contribution is 2.15. The van der Waals surface area contributed by atoms with Crippen LogP contribution in [-0.4, -0.2) is 45.3 Å². The summed E-state index contributed by atoms with van der Waals surface area (Å²) in [6.45, 7) is 10.0. The number of aromatic nitrogens is 1. The molecule has 0 spiro atoms. The Morgan fingerprint density at radius 3 is 2.09 bits per heavy atom. The van der Waals surface area contributed by atoms with Crippen LogP contribution in [0, 0.1) is 5.92 Å². The van der Waals surface area contributed by atoms with Gasteiger partial charge in [-0.05, 0) is 49.6 Å². The van der Waals surface area contributed by atoms with Crippen molar-refractivity contribution in [1.82, 2.24) is 14.4 Å². The smallest absolute Gasteiger partial charge is 0.254 e. The quantitative estimate of drug-likeness (QED) is 0.437. The van der Waals surface area contributed by atoms with Crippen molar-refractivity contribution in [3.63, 3.8) is 0 Å². The molecule has 2 amide bonds. The predicted octanol–water partition coefficient (Wildman–Crippen LogP) is 5.07. The number of nitrogens with zero attached hydrogens (tertiary/aromatic N) is 3. The standard InChI is InChI=1S/C28H35N3O2/c1-22(2)18-30(28(33)25-14-9-6-10-15-25)21-27(32)31(23(3)4)20-26-16-11-17-29(26)19-24-12-7-5-8-13-24/h5-17,22-23H,18-21H2,1-4H3. The normalized spacial score (nSPS) is 11.1. The van der Waals surface area contributed by atoms with E-state index in [1.54, 1.807) is 17.0 Å². The molecule has 1 aromatic heterocycles. The van der Waals surface area contributed by atoms with Crippen LogP contribution in [0.25, 0.3) is 0 Å². The molecule has 0 unspecified atom stereocenters. The zero-order valence-electron chi connectivity index (χ0n) is 20.1. The van der Waals surface area contributed by atoms with E-state index in [0.29, 0.717) is 18.7 Å². The fourth-order valence-corrected chi connectivity index (χ4v) is 3.94. The number of hydrogen-bond acceptors (Lipinski definition) is 2. The second-order valence-corrected chi connectivity index (χ2v) is 9.17. The van der Waals surface area contributed by atoms with Gasteiger partial charge < -0.3 is 14.4 Å². The minimum Gasteiger partial charge on any atom is -0.345 e. The van der Waals surface area contributed by atoms with Crippen molar-refractivity contribution < 1.29 is 9.59 Å². The van der Waals surface area contributed by atoms with Crippen LogP contribution in [0.15, 0.2) is 79.0 Å². The lowest BCUT2D eigenvalue weighted by Crippen LogP contribution is -2.46. The summed E-state index contributed by atoms with van der Waals surface area (Å²) in [5, 5.41) is 0. The van der Waals surface area contributed by atoms with E-state index >= 15 is 0 Å². The monoisotopic (exact) mass is 445 g/mol. The van der Waals surface area contributed by atoms with E-state index in [-0.39, 0.29) is 30.3 Å². The second kappa shape index (κ2) is 11.5. The van der Waals surface area contributed by atoms with Gasteiger partial charge in [-0.3, -0.25) is 9.59 Å². The van der Waals surface area contributed by atoms with Gasteiger partial charge in [0.25, 0.3) is 5.91 Å². The summed E-state index contributed by atoms with van der Waals surface area (Å²) < 4.78 is 2.18. The maximum atomic E-state index is 13.4. The average molecular weight is 446 g/mol. The highest BCUT2D eigenvalue weighted by atomic mass is 16.2. The van der Waals surface area contributed by atoms with Gasteiger partial charge in [0.1, 0.15) is 6.54 Å². The molecule has 33 heavy (non-hydrogen) atoms. The molecule has 0 N–H and O–H groups in total. The van der Waals surface area contributed by atoms with Crippen LogP contribution in [0.1, 0.15) is 49.3 Å². The molecule has 1 heterocycles. The molecule has 0 aliphatic heterocycles. The van der Waals surface area contributed by atoms with Crippen molar-refractivity contribution in [2.75, 3.05) is 13.1 Å². The van der Waals surface area contributed by atoms with Gasteiger partial charge >= 0.3 is 0 Å². The van der Waals surface area contributed by atoms with Crippen molar-refractivity contribution >= 4 is 11.8 Å². The number of benzene rings is 2. The zero-order chi connectivity index (χ0) is 23.8. The first kappa shape index (κ1) is 24.3. The Morgan fingerprint density at radius 2 is 1.48 bits per heavy atom. The van der Waals surface area contributed by atoms with Crippen LogP contribution in [-0.2, 0) is 17.9 Å². The molecule has 2 aromatic carbocycles. The molecule has 0 atom stereocenters. The second-order valence-electron chi connectivity index (χ2n) is 9.17. The number of amides is 2. The van der Waals surface area contributed by atoms with E-state index in [2.05, 4.69) is 42.8 Å². The lowest BCUT2D eigenvalue weighted by atomic mass is 10.1. The van der Waals surface area contributed by atoms with E-state index < -0.39 is 0 Å². The molecular weight excluding hydrogens is 410 g/mol. The van der Waals surface area contributed by atoms with Crippen LogP contribution in [0.3, 0.4) is 0 Å². The minimum atomic E-state index is -0.103. The number of carbonyl (C=O) groups is 2. The third kappa shape index (κ3) is 6.82. The lowest BCUT2D eigenvalue weighted by Gasteiger charge is -2.31. The Hall–Kier alpha value is -3.34. The average Bonchev–Trinajstić information content (AvgIpc) is 3.23. The van der Waals surface area contributed by atoms with Gasteiger partial charge in [0.15, 0.2) is 0 Å². The van der Waals surface area contributed by atoms with Crippen LogP contribution in [0.2, 0.25) is 0 Å². The topological polar surface area (TPSA) is 45.6 Å². The van der Waals surface area contributed by atoms with Gasteiger partial charge in [-0.2, -0.15) is 0 Å². The first-order valence-electron chi connectivity index (χ1n) is 11.7. The molecule has 0 saturated carbocycles. The van der Waals surface area contributed by atoms with Crippen molar-refractivity contribution in [3.8, 4) is 0 Å². The SMILES string of the molecule is CC(C)CN(CC(=O)N(Cc1cccn1Cc1ccccc1)C(C)C)C(=O)c1ccccc1. The first-order valence-corrected chi connectivity index (χ1v) is 11.7. The van der Waals surface area contributed by atoms with E-state index in [1.807, 2.05) is 61.2 Å². The molecular formula is C28H35N3O2.